The molecule has 146 valence electrons. The SMILES string of the molecule is CC1CN(Cc2ccccc2CN=C(N)Nc2ccccc2)CC(C)O1.I. The van der Waals surface area contributed by atoms with E-state index in [1.807, 2.05) is 30.3 Å². The van der Waals surface area contributed by atoms with Gasteiger partial charge in [0.15, 0.2) is 5.96 Å². The smallest absolute Gasteiger partial charge is 0.193 e. The molecule has 2 unspecified atom stereocenters. The summed E-state index contributed by atoms with van der Waals surface area (Å²) in [5.74, 6) is 0.430. The number of nitrogens with two attached hydrogens (primary N) is 1. The molecule has 0 aromatic heterocycles. The van der Waals surface area contributed by atoms with Gasteiger partial charge >= 0.3 is 0 Å². The molecule has 0 spiro atoms. The minimum atomic E-state index is 0. The number of hydrogen-bond acceptors (Lipinski definition) is 3. The Balaban J connectivity index is 0.00000261. The topological polar surface area (TPSA) is 62.9 Å². The summed E-state index contributed by atoms with van der Waals surface area (Å²) in [6, 6.07) is 18.3. The van der Waals surface area contributed by atoms with Crippen molar-refractivity contribution in [3.8, 4) is 0 Å². The summed E-state index contributed by atoms with van der Waals surface area (Å²) in [6.07, 6.45) is 0.546. The molecule has 1 aliphatic rings. The first kappa shape index (κ1) is 21.7. The number of aliphatic imine (C=N–C) groups is 1. The molecule has 1 saturated heterocycles. The van der Waals surface area contributed by atoms with E-state index in [1.54, 1.807) is 0 Å². The highest BCUT2D eigenvalue weighted by molar-refractivity contribution is 14.0. The second-order valence-electron chi connectivity index (χ2n) is 6.91. The average Bonchev–Trinajstić information content (AvgIpc) is 2.61. The number of anilines is 1. The molecular weight excluding hydrogens is 451 g/mol. The summed E-state index contributed by atoms with van der Waals surface area (Å²) in [6.45, 7) is 7.66. The van der Waals surface area contributed by atoms with Gasteiger partial charge in [0, 0.05) is 25.3 Å². The van der Waals surface area contributed by atoms with Crippen molar-refractivity contribution in [2.24, 2.45) is 10.7 Å². The maximum absolute atomic E-state index is 6.04. The van der Waals surface area contributed by atoms with E-state index in [4.69, 9.17) is 10.5 Å². The molecular formula is C21H29IN4O. The number of para-hydroxylation sites is 1. The highest BCUT2D eigenvalue weighted by Gasteiger charge is 2.22. The summed E-state index contributed by atoms with van der Waals surface area (Å²) >= 11 is 0. The van der Waals surface area contributed by atoms with E-state index in [1.165, 1.54) is 11.1 Å². The molecule has 3 N–H and O–H groups in total. The fourth-order valence-corrected chi connectivity index (χ4v) is 3.40. The number of hydrogen-bond donors (Lipinski definition) is 2. The Hall–Kier alpha value is -1.64. The standard InChI is InChI=1S/C21H28N4O.HI/c1-16-13-25(14-17(2)26-16)15-19-9-7-6-8-18(19)12-23-21(22)24-20-10-4-3-5-11-20;/h3-11,16-17H,12-15H2,1-2H3,(H3,22,23,24);1H. The molecule has 0 bridgehead atoms. The number of halogens is 1. The van der Waals surface area contributed by atoms with Crippen LogP contribution in [-0.4, -0.2) is 36.2 Å². The highest BCUT2D eigenvalue weighted by atomic mass is 127. The lowest BCUT2D eigenvalue weighted by molar-refractivity contribution is -0.0705. The molecule has 2 aromatic rings. The largest absolute Gasteiger partial charge is 0.373 e. The fourth-order valence-electron chi connectivity index (χ4n) is 3.40. The van der Waals surface area contributed by atoms with Crippen LogP contribution in [0.1, 0.15) is 25.0 Å². The van der Waals surface area contributed by atoms with Crippen molar-refractivity contribution in [2.45, 2.75) is 39.1 Å². The lowest BCUT2D eigenvalue weighted by atomic mass is 10.1. The van der Waals surface area contributed by atoms with Gasteiger partial charge in [-0.15, -0.1) is 24.0 Å². The number of morpholine rings is 1. The number of ether oxygens (including phenoxy) is 1. The predicted octanol–water partition coefficient (Wildman–Crippen LogP) is 3.84. The van der Waals surface area contributed by atoms with Gasteiger partial charge in [-0.25, -0.2) is 4.99 Å². The van der Waals surface area contributed by atoms with Crippen LogP contribution in [0.25, 0.3) is 0 Å². The van der Waals surface area contributed by atoms with Crippen molar-refractivity contribution in [1.82, 2.24) is 4.90 Å². The number of rotatable bonds is 5. The summed E-state index contributed by atoms with van der Waals surface area (Å²) in [5.41, 5.74) is 9.48. The molecule has 3 rings (SSSR count). The van der Waals surface area contributed by atoms with Gasteiger partial charge in [0.1, 0.15) is 0 Å². The minimum Gasteiger partial charge on any atom is -0.373 e. The lowest BCUT2D eigenvalue weighted by Gasteiger charge is -2.35. The quantitative estimate of drug-likeness (QED) is 0.388. The third kappa shape index (κ3) is 6.79. The Labute approximate surface area is 179 Å². The van der Waals surface area contributed by atoms with Crippen LogP contribution in [0.15, 0.2) is 59.6 Å². The first-order valence-electron chi connectivity index (χ1n) is 9.16. The maximum atomic E-state index is 6.04. The molecule has 0 amide bonds. The van der Waals surface area contributed by atoms with E-state index in [0.29, 0.717) is 12.5 Å². The van der Waals surface area contributed by atoms with Gasteiger partial charge in [0.2, 0.25) is 0 Å². The molecule has 2 atom stereocenters. The third-order valence-corrected chi connectivity index (χ3v) is 4.47. The van der Waals surface area contributed by atoms with Crippen molar-refractivity contribution in [1.29, 1.82) is 0 Å². The number of nitrogens with one attached hydrogen (secondary N) is 1. The Bertz CT molecular complexity index is 728. The van der Waals surface area contributed by atoms with Gasteiger partial charge in [0.05, 0.1) is 18.8 Å². The zero-order valence-corrected chi connectivity index (χ0v) is 18.3. The van der Waals surface area contributed by atoms with Crippen molar-refractivity contribution in [3.05, 3.63) is 65.7 Å². The molecule has 27 heavy (non-hydrogen) atoms. The number of benzene rings is 2. The van der Waals surface area contributed by atoms with E-state index in [2.05, 4.69) is 53.3 Å². The Kier molecular flexibility index (Phi) is 8.53. The summed E-state index contributed by atoms with van der Waals surface area (Å²) < 4.78 is 5.83. The monoisotopic (exact) mass is 480 g/mol. The Morgan fingerprint density at radius 1 is 1.04 bits per heavy atom. The van der Waals surface area contributed by atoms with Crippen LogP contribution in [0.3, 0.4) is 0 Å². The van der Waals surface area contributed by atoms with Crippen LogP contribution in [0.4, 0.5) is 5.69 Å². The van der Waals surface area contributed by atoms with Gasteiger partial charge in [-0.1, -0.05) is 42.5 Å². The van der Waals surface area contributed by atoms with E-state index < -0.39 is 0 Å². The molecule has 1 fully saturated rings. The van der Waals surface area contributed by atoms with Crippen LogP contribution >= 0.6 is 24.0 Å². The van der Waals surface area contributed by atoms with Gasteiger partial charge < -0.3 is 15.8 Å². The van der Waals surface area contributed by atoms with Gasteiger partial charge in [0.25, 0.3) is 0 Å². The second-order valence-corrected chi connectivity index (χ2v) is 6.91. The van der Waals surface area contributed by atoms with Crippen LogP contribution in [0, 0.1) is 0 Å². The third-order valence-electron chi connectivity index (χ3n) is 4.47. The first-order chi connectivity index (χ1) is 12.6. The van der Waals surface area contributed by atoms with Crippen molar-refractivity contribution in [3.63, 3.8) is 0 Å². The Morgan fingerprint density at radius 3 is 2.30 bits per heavy atom. The van der Waals surface area contributed by atoms with Crippen molar-refractivity contribution >= 4 is 35.6 Å². The highest BCUT2D eigenvalue weighted by Crippen LogP contribution is 2.17. The molecule has 0 saturated carbocycles. The molecule has 2 aromatic carbocycles. The van der Waals surface area contributed by atoms with E-state index in [9.17, 15) is 0 Å². The summed E-state index contributed by atoms with van der Waals surface area (Å²) in [4.78, 5) is 6.96. The van der Waals surface area contributed by atoms with Crippen molar-refractivity contribution < 1.29 is 4.74 Å². The van der Waals surface area contributed by atoms with Crippen LogP contribution < -0.4 is 11.1 Å². The van der Waals surface area contributed by atoms with Crippen molar-refractivity contribution in [2.75, 3.05) is 18.4 Å². The molecule has 1 heterocycles. The maximum Gasteiger partial charge on any atom is 0.193 e. The molecule has 6 heteroatoms. The predicted molar refractivity (Wildman–Crippen MR) is 123 cm³/mol. The van der Waals surface area contributed by atoms with Crippen LogP contribution in [-0.2, 0) is 17.8 Å². The molecule has 0 aliphatic carbocycles. The van der Waals surface area contributed by atoms with E-state index in [-0.39, 0.29) is 36.2 Å². The fraction of sp³-hybridized carbons (Fsp3) is 0.381. The summed E-state index contributed by atoms with van der Waals surface area (Å²) in [7, 11) is 0. The lowest BCUT2D eigenvalue weighted by Crippen LogP contribution is -2.44. The summed E-state index contributed by atoms with van der Waals surface area (Å²) in [5, 5.41) is 3.13. The van der Waals surface area contributed by atoms with Gasteiger partial charge in [-0.3, -0.25) is 4.90 Å². The number of nitrogens with zero attached hydrogens (tertiary/aromatic N) is 2. The van der Waals surface area contributed by atoms with E-state index >= 15 is 0 Å². The zero-order chi connectivity index (χ0) is 18.4. The van der Waals surface area contributed by atoms with Crippen LogP contribution in [0.2, 0.25) is 0 Å². The molecule has 5 nitrogen and oxygen atoms in total. The van der Waals surface area contributed by atoms with Gasteiger partial charge in [-0.05, 0) is 37.1 Å². The van der Waals surface area contributed by atoms with Crippen LogP contribution in [0.5, 0.6) is 0 Å². The van der Waals surface area contributed by atoms with E-state index in [0.717, 1.165) is 25.3 Å². The zero-order valence-electron chi connectivity index (χ0n) is 16.0. The normalized spacial score (nSPS) is 20.7. The Morgan fingerprint density at radius 2 is 1.63 bits per heavy atom. The molecule has 1 aliphatic heterocycles. The van der Waals surface area contributed by atoms with Gasteiger partial charge in [-0.2, -0.15) is 0 Å². The minimum absolute atomic E-state index is 0. The average molecular weight is 480 g/mol. The first-order valence-corrected chi connectivity index (χ1v) is 9.16. The molecule has 0 radical (unpaired) electrons. The number of guanidine groups is 1. The second kappa shape index (κ2) is 10.6.